The summed E-state index contributed by atoms with van der Waals surface area (Å²) in [6, 6.07) is 3.51. The van der Waals surface area contributed by atoms with Crippen LogP contribution in [-0.2, 0) is 0 Å². The molecule has 1 aliphatic rings. The number of phenols is 1. The summed E-state index contributed by atoms with van der Waals surface area (Å²) >= 11 is 3.28. The molecule has 1 heterocycles. The highest BCUT2D eigenvalue weighted by Gasteiger charge is 2.31. The lowest BCUT2D eigenvalue weighted by molar-refractivity contribution is 0.0177. The van der Waals surface area contributed by atoms with Gasteiger partial charge in [0.05, 0.1) is 6.04 Å². The predicted octanol–water partition coefficient (Wildman–Crippen LogP) is 3.21. The van der Waals surface area contributed by atoms with Gasteiger partial charge < -0.3 is 10.4 Å². The highest BCUT2D eigenvalue weighted by Crippen LogP contribution is 2.34. The van der Waals surface area contributed by atoms with Crippen molar-refractivity contribution in [2.45, 2.75) is 12.5 Å². The topological polar surface area (TPSA) is 35.5 Å². The zero-order valence-corrected chi connectivity index (χ0v) is 13.8. The molecule has 1 aliphatic heterocycles. The fraction of sp³-hybridized carbons (Fsp3) is 0.500. The Kier molecular flexibility index (Phi) is 8.93. The van der Waals surface area contributed by atoms with Gasteiger partial charge in [-0.2, -0.15) is 0 Å². The molecule has 116 valence electrons. The molecule has 0 saturated carbocycles. The number of phenolic OH excluding ortho intramolecular Hbond substituents is 1. The number of hydrogen-bond acceptors (Lipinski definition) is 3. The first kappa shape index (κ1) is 19.9. The van der Waals surface area contributed by atoms with Crippen molar-refractivity contribution >= 4 is 40.7 Å². The molecule has 1 atom stereocenters. The maximum Gasteiger partial charge on any atom is 0.258 e. The Morgan fingerprint density at radius 2 is 1.80 bits per heavy atom. The minimum Gasteiger partial charge on any atom is -0.508 e. The van der Waals surface area contributed by atoms with Crippen molar-refractivity contribution in [3.8, 4) is 5.75 Å². The minimum absolute atomic E-state index is 0. The van der Waals surface area contributed by atoms with E-state index >= 15 is 0 Å². The average molecular weight is 394 g/mol. The Hall–Kier alpha value is -0.140. The first-order valence-electron chi connectivity index (χ1n) is 5.81. The van der Waals surface area contributed by atoms with Crippen LogP contribution in [0.3, 0.4) is 0 Å². The van der Waals surface area contributed by atoms with E-state index in [1.165, 1.54) is 12.1 Å². The van der Waals surface area contributed by atoms with Crippen LogP contribution in [0.4, 0.5) is 8.78 Å². The van der Waals surface area contributed by atoms with E-state index in [1.807, 2.05) is 0 Å². The van der Waals surface area contributed by atoms with Gasteiger partial charge in [-0.15, -0.1) is 24.8 Å². The molecule has 2 rings (SSSR count). The standard InChI is InChI=1S/C12H15BrF2N2O.2ClH/c13-10-2-1-8(18)7-9(10)11(12(14)15)17-5-3-16-4-6-17;;/h1-2,7,11-12,16,18H,3-6H2;2*1H/t11-;;/m1../s1. The van der Waals surface area contributed by atoms with Crippen LogP contribution in [0.2, 0.25) is 0 Å². The molecule has 0 bridgehead atoms. The van der Waals surface area contributed by atoms with E-state index < -0.39 is 12.5 Å². The predicted molar refractivity (Wildman–Crippen MR) is 83.5 cm³/mol. The van der Waals surface area contributed by atoms with E-state index in [9.17, 15) is 13.9 Å². The second-order valence-corrected chi connectivity index (χ2v) is 5.13. The molecule has 8 heteroatoms. The molecule has 1 aromatic rings. The van der Waals surface area contributed by atoms with E-state index in [4.69, 9.17) is 0 Å². The fourth-order valence-electron chi connectivity index (χ4n) is 2.21. The summed E-state index contributed by atoms with van der Waals surface area (Å²) in [6.45, 7) is 2.58. The molecular weight excluding hydrogens is 377 g/mol. The Morgan fingerprint density at radius 3 is 2.35 bits per heavy atom. The molecule has 1 aromatic carbocycles. The highest BCUT2D eigenvalue weighted by molar-refractivity contribution is 9.10. The van der Waals surface area contributed by atoms with Crippen LogP contribution in [0.15, 0.2) is 22.7 Å². The third-order valence-electron chi connectivity index (χ3n) is 3.08. The maximum atomic E-state index is 13.3. The summed E-state index contributed by atoms with van der Waals surface area (Å²) in [5.41, 5.74) is 0.437. The fourth-order valence-corrected chi connectivity index (χ4v) is 2.69. The Bertz CT molecular complexity index is 420. The van der Waals surface area contributed by atoms with Crippen molar-refractivity contribution in [3.63, 3.8) is 0 Å². The van der Waals surface area contributed by atoms with Crippen molar-refractivity contribution in [1.82, 2.24) is 10.2 Å². The second kappa shape index (κ2) is 9.00. The molecule has 3 nitrogen and oxygen atoms in total. The van der Waals surface area contributed by atoms with Crippen LogP contribution in [0.5, 0.6) is 5.75 Å². The lowest BCUT2D eigenvalue weighted by atomic mass is 10.0. The van der Waals surface area contributed by atoms with Crippen LogP contribution >= 0.6 is 40.7 Å². The number of nitrogens with one attached hydrogen (secondary N) is 1. The first-order valence-corrected chi connectivity index (χ1v) is 6.60. The van der Waals surface area contributed by atoms with Gasteiger partial charge in [0.2, 0.25) is 0 Å². The summed E-state index contributed by atoms with van der Waals surface area (Å²) in [5.74, 6) is 0.00832. The molecule has 20 heavy (non-hydrogen) atoms. The molecule has 0 unspecified atom stereocenters. The third kappa shape index (κ3) is 4.70. The molecular formula is C12H17BrCl2F2N2O. The Labute approximate surface area is 137 Å². The molecule has 0 aromatic heterocycles. The second-order valence-electron chi connectivity index (χ2n) is 4.27. The molecule has 0 spiro atoms. The van der Waals surface area contributed by atoms with E-state index in [2.05, 4.69) is 21.2 Å². The van der Waals surface area contributed by atoms with Crippen molar-refractivity contribution < 1.29 is 13.9 Å². The van der Waals surface area contributed by atoms with E-state index in [-0.39, 0.29) is 30.6 Å². The van der Waals surface area contributed by atoms with Gasteiger partial charge in [0.1, 0.15) is 5.75 Å². The van der Waals surface area contributed by atoms with Gasteiger partial charge in [0.25, 0.3) is 6.43 Å². The van der Waals surface area contributed by atoms with Gasteiger partial charge >= 0.3 is 0 Å². The van der Waals surface area contributed by atoms with E-state index in [1.54, 1.807) is 11.0 Å². The highest BCUT2D eigenvalue weighted by atomic mass is 79.9. The number of halogens is 5. The zero-order valence-electron chi connectivity index (χ0n) is 10.6. The van der Waals surface area contributed by atoms with Gasteiger partial charge in [-0.25, -0.2) is 8.78 Å². The van der Waals surface area contributed by atoms with Crippen molar-refractivity contribution in [3.05, 3.63) is 28.2 Å². The van der Waals surface area contributed by atoms with Crippen LogP contribution < -0.4 is 5.32 Å². The number of piperazine rings is 1. The molecule has 1 saturated heterocycles. The van der Waals surface area contributed by atoms with Crippen LogP contribution in [0, 0.1) is 0 Å². The van der Waals surface area contributed by atoms with Gasteiger partial charge in [-0.05, 0) is 23.8 Å². The van der Waals surface area contributed by atoms with Gasteiger partial charge in [-0.3, -0.25) is 4.90 Å². The van der Waals surface area contributed by atoms with E-state index in [0.29, 0.717) is 36.2 Å². The first-order chi connectivity index (χ1) is 8.59. The summed E-state index contributed by atoms with van der Waals surface area (Å²) in [7, 11) is 0. The Balaban J connectivity index is 0.00000180. The van der Waals surface area contributed by atoms with Gasteiger partial charge in [0.15, 0.2) is 0 Å². The van der Waals surface area contributed by atoms with E-state index in [0.717, 1.165) is 0 Å². The third-order valence-corrected chi connectivity index (χ3v) is 3.80. The van der Waals surface area contributed by atoms with Crippen molar-refractivity contribution in [2.75, 3.05) is 26.2 Å². The zero-order chi connectivity index (χ0) is 13.1. The quantitative estimate of drug-likeness (QED) is 0.827. The molecule has 0 radical (unpaired) electrons. The smallest absolute Gasteiger partial charge is 0.258 e. The number of benzene rings is 1. The lowest BCUT2D eigenvalue weighted by Crippen LogP contribution is -2.47. The monoisotopic (exact) mass is 392 g/mol. The molecule has 2 N–H and O–H groups in total. The average Bonchev–Trinajstić information content (AvgIpc) is 2.35. The van der Waals surface area contributed by atoms with Gasteiger partial charge in [0, 0.05) is 30.7 Å². The van der Waals surface area contributed by atoms with Crippen molar-refractivity contribution in [1.29, 1.82) is 0 Å². The van der Waals surface area contributed by atoms with Crippen molar-refractivity contribution in [2.24, 2.45) is 0 Å². The number of alkyl halides is 2. The normalized spacial score (nSPS) is 17.2. The lowest BCUT2D eigenvalue weighted by Gasteiger charge is -2.35. The largest absolute Gasteiger partial charge is 0.508 e. The summed E-state index contributed by atoms with van der Waals surface area (Å²) in [6.07, 6.45) is -2.49. The van der Waals surface area contributed by atoms with Gasteiger partial charge in [-0.1, -0.05) is 15.9 Å². The van der Waals surface area contributed by atoms with Crippen LogP contribution in [0.1, 0.15) is 11.6 Å². The number of aromatic hydroxyl groups is 1. The van der Waals surface area contributed by atoms with Crippen LogP contribution in [0.25, 0.3) is 0 Å². The minimum atomic E-state index is -2.49. The summed E-state index contributed by atoms with van der Waals surface area (Å²) in [5, 5.41) is 12.6. The SMILES string of the molecule is Cl.Cl.Oc1ccc(Br)c([C@H](C(F)F)N2CCNCC2)c1. The van der Waals surface area contributed by atoms with Crippen LogP contribution in [-0.4, -0.2) is 42.6 Å². The number of rotatable bonds is 3. The molecule has 0 aliphatic carbocycles. The number of nitrogens with zero attached hydrogens (tertiary/aromatic N) is 1. The summed E-state index contributed by atoms with van der Waals surface area (Å²) < 4.78 is 27.2. The molecule has 0 amide bonds. The summed E-state index contributed by atoms with van der Waals surface area (Å²) in [4.78, 5) is 1.75. The maximum absolute atomic E-state index is 13.3. The Morgan fingerprint density at radius 1 is 1.20 bits per heavy atom. The molecule has 1 fully saturated rings. The number of hydrogen-bond donors (Lipinski definition) is 2.